The summed E-state index contributed by atoms with van der Waals surface area (Å²) in [6, 6.07) is 9.42. The van der Waals surface area contributed by atoms with E-state index in [4.69, 9.17) is 0 Å². The van der Waals surface area contributed by atoms with Crippen molar-refractivity contribution < 1.29 is 4.79 Å². The largest absolute Gasteiger partial charge is 0.298 e. The second-order valence-electron chi connectivity index (χ2n) is 5.64. The summed E-state index contributed by atoms with van der Waals surface area (Å²) in [7, 11) is 0. The van der Waals surface area contributed by atoms with Gasteiger partial charge in [-0.3, -0.25) is 20.1 Å². The minimum Gasteiger partial charge on any atom is -0.298 e. The number of benzene rings is 2. The van der Waals surface area contributed by atoms with Crippen LogP contribution in [0.15, 0.2) is 42.7 Å². The third kappa shape index (κ3) is 2.61. The molecule has 4 rings (SSSR count). The van der Waals surface area contributed by atoms with Crippen molar-refractivity contribution in [1.82, 2.24) is 15.0 Å². The number of aryl methyl sites for hydroxylation is 2. The third-order valence-electron chi connectivity index (χ3n) is 3.96. The van der Waals surface area contributed by atoms with Gasteiger partial charge in [-0.1, -0.05) is 11.3 Å². The maximum atomic E-state index is 12.5. The Bertz CT molecular complexity index is 1050. The first-order valence-electron chi connectivity index (χ1n) is 7.50. The number of rotatable bonds is 2. The van der Waals surface area contributed by atoms with E-state index in [1.807, 2.05) is 6.07 Å². The molecule has 0 aliphatic rings. The normalized spacial score (nSPS) is 11.1. The molecule has 2 heterocycles. The van der Waals surface area contributed by atoms with Crippen molar-refractivity contribution in [2.45, 2.75) is 13.8 Å². The van der Waals surface area contributed by atoms with E-state index >= 15 is 0 Å². The topological polar surface area (TPSA) is 67.8 Å². The van der Waals surface area contributed by atoms with Crippen LogP contribution in [0.25, 0.3) is 21.3 Å². The molecule has 5 nitrogen and oxygen atoms in total. The van der Waals surface area contributed by atoms with Crippen molar-refractivity contribution in [1.29, 1.82) is 0 Å². The van der Waals surface area contributed by atoms with Crippen LogP contribution in [0.1, 0.15) is 21.5 Å². The minimum atomic E-state index is -0.199. The zero-order chi connectivity index (χ0) is 16.7. The molecule has 0 radical (unpaired) electrons. The van der Waals surface area contributed by atoms with Crippen molar-refractivity contribution in [2.24, 2.45) is 0 Å². The van der Waals surface area contributed by atoms with E-state index in [-0.39, 0.29) is 5.91 Å². The molecule has 0 aliphatic heterocycles. The number of thiazole rings is 1. The molecule has 1 N–H and O–H groups in total. The van der Waals surface area contributed by atoms with Gasteiger partial charge < -0.3 is 0 Å². The zero-order valence-electron chi connectivity index (χ0n) is 13.2. The Hall–Kier alpha value is -2.86. The van der Waals surface area contributed by atoms with Gasteiger partial charge in [-0.2, -0.15) is 0 Å². The number of fused-ring (bicyclic) bond motifs is 2. The Labute approximate surface area is 142 Å². The number of carbonyl (C=O) groups excluding carboxylic acids is 1. The molecule has 2 aromatic carbocycles. The van der Waals surface area contributed by atoms with Crippen molar-refractivity contribution in [3.8, 4) is 0 Å². The molecule has 0 saturated heterocycles. The molecular weight excluding hydrogens is 320 g/mol. The minimum absolute atomic E-state index is 0.199. The van der Waals surface area contributed by atoms with Crippen molar-refractivity contribution in [3.05, 3.63) is 59.4 Å². The molecule has 0 aliphatic carbocycles. The van der Waals surface area contributed by atoms with E-state index < -0.39 is 0 Å². The summed E-state index contributed by atoms with van der Waals surface area (Å²) in [6.45, 7) is 4.13. The maximum Gasteiger partial charge on any atom is 0.257 e. The van der Waals surface area contributed by atoms with Gasteiger partial charge in [0.2, 0.25) is 0 Å². The SMILES string of the molecule is Cc1cc2nc(NC(=O)c3ccc4nccnc4c3)sc2cc1C. The van der Waals surface area contributed by atoms with Crippen LogP contribution in [0.3, 0.4) is 0 Å². The quantitative estimate of drug-likeness (QED) is 0.599. The van der Waals surface area contributed by atoms with Crippen LogP contribution in [-0.2, 0) is 0 Å². The van der Waals surface area contributed by atoms with Gasteiger partial charge in [0.15, 0.2) is 5.13 Å². The maximum absolute atomic E-state index is 12.5. The molecule has 0 saturated carbocycles. The summed E-state index contributed by atoms with van der Waals surface area (Å²) in [5, 5.41) is 3.47. The average molecular weight is 334 g/mol. The number of amides is 1. The molecule has 118 valence electrons. The van der Waals surface area contributed by atoms with Gasteiger partial charge in [0, 0.05) is 18.0 Å². The lowest BCUT2D eigenvalue weighted by Crippen LogP contribution is -2.11. The van der Waals surface area contributed by atoms with E-state index in [0.29, 0.717) is 16.2 Å². The van der Waals surface area contributed by atoms with Crippen LogP contribution in [0, 0.1) is 13.8 Å². The van der Waals surface area contributed by atoms with Crippen molar-refractivity contribution in [2.75, 3.05) is 5.32 Å². The predicted molar refractivity (Wildman–Crippen MR) is 96.6 cm³/mol. The van der Waals surface area contributed by atoms with E-state index in [1.54, 1.807) is 30.6 Å². The Kier molecular flexibility index (Phi) is 3.46. The van der Waals surface area contributed by atoms with Gasteiger partial charge in [-0.25, -0.2) is 4.98 Å². The first-order valence-corrected chi connectivity index (χ1v) is 8.32. The molecule has 6 heteroatoms. The number of carbonyl (C=O) groups is 1. The highest BCUT2D eigenvalue weighted by molar-refractivity contribution is 7.22. The molecular formula is C18H14N4OS. The highest BCUT2D eigenvalue weighted by Crippen LogP contribution is 2.28. The summed E-state index contributed by atoms with van der Waals surface area (Å²) in [5.74, 6) is -0.199. The number of hydrogen-bond donors (Lipinski definition) is 1. The number of hydrogen-bond acceptors (Lipinski definition) is 5. The molecule has 0 fully saturated rings. The molecule has 1 amide bonds. The Morgan fingerprint density at radius 1 is 0.958 bits per heavy atom. The lowest BCUT2D eigenvalue weighted by molar-refractivity contribution is 0.102. The van der Waals surface area contributed by atoms with Gasteiger partial charge in [-0.05, 0) is 55.3 Å². The molecule has 0 spiro atoms. The average Bonchev–Trinajstić information content (AvgIpc) is 2.95. The molecule has 24 heavy (non-hydrogen) atoms. The second-order valence-corrected chi connectivity index (χ2v) is 6.67. The fourth-order valence-electron chi connectivity index (χ4n) is 2.51. The number of anilines is 1. The number of nitrogens with one attached hydrogen (secondary N) is 1. The van der Waals surface area contributed by atoms with Gasteiger partial charge >= 0.3 is 0 Å². The molecule has 0 bridgehead atoms. The fourth-order valence-corrected chi connectivity index (χ4v) is 3.45. The Morgan fingerprint density at radius 3 is 2.54 bits per heavy atom. The predicted octanol–water partition coefficient (Wildman–Crippen LogP) is 4.11. The number of aromatic nitrogens is 3. The standard InChI is InChI=1S/C18H14N4OS/c1-10-7-15-16(8-11(10)2)24-18(21-15)22-17(23)12-3-4-13-14(9-12)20-6-5-19-13/h3-9H,1-2H3,(H,21,22,23). The van der Waals surface area contributed by atoms with Crippen molar-refractivity contribution >= 4 is 43.6 Å². The monoisotopic (exact) mass is 334 g/mol. The third-order valence-corrected chi connectivity index (χ3v) is 4.89. The van der Waals surface area contributed by atoms with Crippen LogP contribution < -0.4 is 5.32 Å². The highest BCUT2D eigenvalue weighted by Gasteiger charge is 2.11. The van der Waals surface area contributed by atoms with Crippen LogP contribution in [0.4, 0.5) is 5.13 Å². The Morgan fingerprint density at radius 2 is 1.71 bits per heavy atom. The first-order chi connectivity index (χ1) is 11.6. The second kappa shape index (κ2) is 5.65. The van der Waals surface area contributed by atoms with E-state index in [2.05, 4.69) is 40.2 Å². The van der Waals surface area contributed by atoms with E-state index in [0.717, 1.165) is 15.7 Å². The van der Waals surface area contributed by atoms with Crippen LogP contribution >= 0.6 is 11.3 Å². The van der Waals surface area contributed by atoms with Crippen molar-refractivity contribution in [3.63, 3.8) is 0 Å². The van der Waals surface area contributed by atoms with Gasteiger partial charge in [0.25, 0.3) is 5.91 Å². The van der Waals surface area contributed by atoms with Crippen LogP contribution in [-0.4, -0.2) is 20.9 Å². The van der Waals surface area contributed by atoms with Crippen LogP contribution in [0.2, 0.25) is 0 Å². The molecule has 0 atom stereocenters. The summed E-state index contributed by atoms with van der Waals surface area (Å²) in [5.41, 5.74) is 5.31. The van der Waals surface area contributed by atoms with Gasteiger partial charge in [0.1, 0.15) is 0 Å². The zero-order valence-corrected chi connectivity index (χ0v) is 14.0. The number of nitrogens with zero attached hydrogens (tertiary/aromatic N) is 3. The summed E-state index contributed by atoms with van der Waals surface area (Å²) >= 11 is 1.48. The van der Waals surface area contributed by atoms with Crippen LogP contribution in [0.5, 0.6) is 0 Å². The van der Waals surface area contributed by atoms with E-state index in [9.17, 15) is 4.79 Å². The first kappa shape index (κ1) is 14.7. The molecule has 2 aromatic heterocycles. The fraction of sp³-hybridized carbons (Fsp3) is 0.111. The van der Waals surface area contributed by atoms with E-state index in [1.165, 1.54) is 22.5 Å². The summed E-state index contributed by atoms with van der Waals surface area (Å²) < 4.78 is 1.07. The summed E-state index contributed by atoms with van der Waals surface area (Å²) in [6.07, 6.45) is 3.25. The Balaban J connectivity index is 1.65. The highest BCUT2D eigenvalue weighted by atomic mass is 32.1. The smallest absolute Gasteiger partial charge is 0.257 e. The van der Waals surface area contributed by atoms with Gasteiger partial charge in [0.05, 0.1) is 21.3 Å². The van der Waals surface area contributed by atoms with Gasteiger partial charge in [-0.15, -0.1) is 0 Å². The molecule has 4 aromatic rings. The lowest BCUT2D eigenvalue weighted by Gasteiger charge is -2.02. The summed E-state index contributed by atoms with van der Waals surface area (Å²) in [4.78, 5) is 25.4. The lowest BCUT2D eigenvalue weighted by atomic mass is 10.1. The molecule has 0 unspecified atom stereocenters.